The normalized spacial score (nSPS) is 16.3. The SMILES string of the molecule is Cn1nc(CCNC(=O)c2ccncc2)c2c1CCN(C(=O)C1(c3ccccc3)CC1)C2. The van der Waals surface area contributed by atoms with Crippen molar-refractivity contribution in [3.05, 3.63) is 82.9 Å². The van der Waals surface area contributed by atoms with Crippen LogP contribution in [0.2, 0.25) is 0 Å². The molecule has 2 aliphatic rings. The Morgan fingerprint density at radius 2 is 1.84 bits per heavy atom. The van der Waals surface area contributed by atoms with Gasteiger partial charge < -0.3 is 10.2 Å². The van der Waals surface area contributed by atoms with Crippen LogP contribution >= 0.6 is 0 Å². The molecule has 1 aromatic carbocycles. The molecule has 164 valence electrons. The first-order chi connectivity index (χ1) is 15.6. The number of pyridine rings is 1. The Bertz CT molecular complexity index is 1140. The number of rotatable bonds is 6. The summed E-state index contributed by atoms with van der Waals surface area (Å²) in [6.07, 6.45) is 6.49. The quantitative estimate of drug-likeness (QED) is 0.653. The number of amides is 2. The lowest BCUT2D eigenvalue weighted by molar-refractivity contribution is -0.135. The molecule has 1 fully saturated rings. The van der Waals surface area contributed by atoms with Crippen LogP contribution in [0.4, 0.5) is 0 Å². The maximum Gasteiger partial charge on any atom is 0.251 e. The summed E-state index contributed by atoms with van der Waals surface area (Å²) in [5.74, 6) is 0.114. The molecule has 0 radical (unpaired) electrons. The van der Waals surface area contributed by atoms with Gasteiger partial charge in [0.1, 0.15) is 0 Å². The molecule has 32 heavy (non-hydrogen) atoms. The van der Waals surface area contributed by atoms with Gasteiger partial charge in [-0.3, -0.25) is 19.3 Å². The highest BCUT2D eigenvalue weighted by molar-refractivity contribution is 5.94. The number of nitrogens with zero attached hydrogens (tertiary/aromatic N) is 4. The molecule has 0 spiro atoms. The van der Waals surface area contributed by atoms with Crippen molar-refractivity contribution < 1.29 is 9.59 Å². The monoisotopic (exact) mass is 429 g/mol. The van der Waals surface area contributed by atoms with E-state index in [0.29, 0.717) is 25.1 Å². The number of aryl methyl sites for hydroxylation is 1. The van der Waals surface area contributed by atoms with E-state index in [1.165, 1.54) is 5.69 Å². The molecule has 2 aromatic heterocycles. The fourth-order valence-corrected chi connectivity index (χ4v) is 4.75. The lowest BCUT2D eigenvalue weighted by Gasteiger charge is -2.31. The van der Waals surface area contributed by atoms with Crippen molar-refractivity contribution in [3.8, 4) is 0 Å². The molecular weight excluding hydrogens is 402 g/mol. The minimum atomic E-state index is -0.348. The van der Waals surface area contributed by atoms with E-state index in [0.717, 1.165) is 42.6 Å². The summed E-state index contributed by atoms with van der Waals surface area (Å²) in [5, 5.41) is 7.67. The Balaban J connectivity index is 1.27. The summed E-state index contributed by atoms with van der Waals surface area (Å²) < 4.78 is 1.93. The van der Waals surface area contributed by atoms with Crippen LogP contribution in [0.3, 0.4) is 0 Å². The van der Waals surface area contributed by atoms with E-state index in [1.54, 1.807) is 24.5 Å². The minimum absolute atomic E-state index is 0.118. The summed E-state index contributed by atoms with van der Waals surface area (Å²) in [4.78, 5) is 31.8. The van der Waals surface area contributed by atoms with E-state index >= 15 is 0 Å². The zero-order chi connectivity index (χ0) is 22.1. The van der Waals surface area contributed by atoms with Crippen LogP contribution in [-0.4, -0.2) is 44.6 Å². The first-order valence-electron chi connectivity index (χ1n) is 11.2. The lowest BCUT2D eigenvalue weighted by atomic mass is 9.93. The maximum absolute atomic E-state index is 13.5. The van der Waals surface area contributed by atoms with E-state index in [-0.39, 0.29) is 17.2 Å². The number of hydrogen-bond acceptors (Lipinski definition) is 4. The first kappa shape index (κ1) is 20.4. The van der Waals surface area contributed by atoms with Crippen molar-refractivity contribution in [1.29, 1.82) is 0 Å². The lowest BCUT2D eigenvalue weighted by Crippen LogP contribution is -2.42. The fraction of sp³-hybridized carbons (Fsp3) is 0.360. The predicted octanol–water partition coefficient (Wildman–Crippen LogP) is 2.40. The van der Waals surface area contributed by atoms with Gasteiger partial charge in [-0.25, -0.2) is 0 Å². The smallest absolute Gasteiger partial charge is 0.251 e. The molecule has 0 atom stereocenters. The van der Waals surface area contributed by atoms with Gasteiger partial charge in [0.15, 0.2) is 0 Å². The first-order valence-corrected chi connectivity index (χ1v) is 11.2. The molecule has 3 aromatic rings. The molecular formula is C25H27N5O2. The number of carbonyl (C=O) groups is 2. The van der Waals surface area contributed by atoms with Crippen LogP contribution < -0.4 is 5.32 Å². The van der Waals surface area contributed by atoms with Crippen LogP contribution in [0.15, 0.2) is 54.9 Å². The third-order valence-corrected chi connectivity index (χ3v) is 6.69. The summed E-state index contributed by atoms with van der Waals surface area (Å²) in [6.45, 7) is 1.80. The van der Waals surface area contributed by atoms with Gasteiger partial charge in [-0.05, 0) is 30.5 Å². The Kier molecular flexibility index (Phi) is 5.25. The molecule has 0 saturated heterocycles. The third-order valence-electron chi connectivity index (χ3n) is 6.69. The molecule has 7 nitrogen and oxygen atoms in total. The number of nitrogens with one attached hydrogen (secondary N) is 1. The van der Waals surface area contributed by atoms with Crippen molar-refractivity contribution in [2.45, 2.75) is 37.6 Å². The highest BCUT2D eigenvalue weighted by atomic mass is 16.2. The average molecular weight is 430 g/mol. The Morgan fingerprint density at radius 1 is 1.09 bits per heavy atom. The third kappa shape index (κ3) is 3.68. The maximum atomic E-state index is 13.5. The molecule has 5 rings (SSSR count). The van der Waals surface area contributed by atoms with E-state index in [9.17, 15) is 9.59 Å². The van der Waals surface area contributed by atoms with Crippen LogP contribution in [0.25, 0.3) is 0 Å². The molecule has 0 unspecified atom stereocenters. The van der Waals surface area contributed by atoms with Gasteiger partial charge in [0, 0.05) is 68.7 Å². The van der Waals surface area contributed by atoms with E-state index < -0.39 is 0 Å². The van der Waals surface area contributed by atoms with E-state index in [2.05, 4.69) is 22.4 Å². The van der Waals surface area contributed by atoms with Crippen molar-refractivity contribution >= 4 is 11.8 Å². The molecule has 1 saturated carbocycles. The molecule has 7 heteroatoms. The topological polar surface area (TPSA) is 80.1 Å². The highest BCUT2D eigenvalue weighted by Gasteiger charge is 2.53. The number of aromatic nitrogens is 3. The molecule has 1 aliphatic carbocycles. The molecule has 2 amide bonds. The van der Waals surface area contributed by atoms with Crippen LogP contribution in [0.5, 0.6) is 0 Å². The van der Waals surface area contributed by atoms with Gasteiger partial charge in [0.2, 0.25) is 5.91 Å². The minimum Gasteiger partial charge on any atom is -0.352 e. The van der Waals surface area contributed by atoms with Gasteiger partial charge in [0.05, 0.1) is 11.1 Å². The zero-order valence-electron chi connectivity index (χ0n) is 18.3. The van der Waals surface area contributed by atoms with E-state index in [4.69, 9.17) is 5.10 Å². The second kappa shape index (κ2) is 8.22. The zero-order valence-corrected chi connectivity index (χ0v) is 18.3. The Labute approximate surface area is 187 Å². The largest absolute Gasteiger partial charge is 0.352 e. The number of benzene rings is 1. The Hall–Kier alpha value is -3.48. The summed E-state index contributed by atoms with van der Waals surface area (Å²) in [6, 6.07) is 13.5. The van der Waals surface area contributed by atoms with Gasteiger partial charge in [-0.15, -0.1) is 0 Å². The van der Waals surface area contributed by atoms with Crippen molar-refractivity contribution in [2.75, 3.05) is 13.1 Å². The number of fused-ring (bicyclic) bond motifs is 1. The van der Waals surface area contributed by atoms with Crippen LogP contribution in [0.1, 0.15) is 45.7 Å². The highest BCUT2D eigenvalue weighted by Crippen LogP contribution is 2.50. The fourth-order valence-electron chi connectivity index (χ4n) is 4.75. The van der Waals surface area contributed by atoms with Gasteiger partial charge in [-0.2, -0.15) is 5.10 Å². The number of carbonyl (C=O) groups excluding carboxylic acids is 2. The van der Waals surface area contributed by atoms with E-state index in [1.807, 2.05) is 34.8 Å². The second-order valence-corrected chi connectivity index (χ2v) is 8.66. The van der Waals surface area contributed by atoms with Gasteiger partial charge in [-0.1, -0.05) is 30.3 Å². The Morgan fingerprint density at radius 3 is 2.56 bits per heavy atom. The van der Waals surface area contributed by atoms with Crippen molar-refractivity contribution in [3.63, 3.8) is 0 Å². The number of hydrogen-bond donors (Lipinski definition) is 1. The predicted molar refractivity (Wildman–Crippen MR) is 120 cm³/mol. The summed E-state index contributed by atoms with van der Waals surface area (Å²) in [5.41, 5.74) is 4.65. The molecule has 1 aliphatic heterocycles. The van der Waals surface area contributed by atoms with Gasteiger partial charge in [0.25, 0.3) is 5.91 Å². The molecule has 1 N–H and O–H groups in total. The summed E-state index contributed by atoms with van der Waals surface area (Å²) in [7, 11) is 1.96. The van der Waals surface area contributed by atoms with Crippen molar-refractivity contribution in [1.82, 2.24) is 25.0 Å². The van der Waals surface area contributed by atoms with Crippen LogP contribution in [-0.2, 0) is 36.6 Å². The second-order valence-electron chi connectivity index (χ2n) is 8.66. The van der Waals surface area contributed by atoms with Crippen LogP contribution in [0, 0.1) is 0 Å². The molecule has 3 heterocycles. The standard InChI is InChI=1S/C25H27N5O2/c1-29-22-10-16-30(24(32)25(11-12-25)19-5-3-2-4-6-19)17-20(22)21(28-29)9-15-27-23(31)18-7-13-26-14-8-18/h2-8,13-14H,9-12,15-17H2,1H3,(H,27,31). The molecule has 0 bridgehead atoms. The average Bonchev–Trinajstić information content (AvgIpc) is 3.60. The van der Waals surface area contributed by atoms with Gasteiger partial charge >= 0.3 is 0 Å². The van der Waals surface area contributed by atoms with Crippen molar-refractivity contribution in [2.24, 2.45) is 7.05 Å². The summed E-state index contributed by atoms with van der Waals surface area (Å²) >= 11 is 0.